The maximum Gasteiger partial charge on any atom is 0.265 e. The van der Waals surface area contributed by atoms with Gasteiger partial charge in [0.1, 0.15) is 4.90 Å². The fraction of sp³-hybridized carbons (Fsp3) is 0.308. The molecule has 0 saturated heterocycles. The van der Waals surface area contributed by atoms with Gasteiger partial charge in [0.25, 0.3) is 10.0 Å². The zero-order chi connectivity index (χ0) is 14.0. The number of anilines is 1. The molecule has 2 aromatic rings. The maximum absolute atomic E-state index is 12.3. The molecule has 1 N–H and O–H groups in total. The molecule has 0 atom stereocenters. The van der Waals surface area contributed by atoms with Gasteiger partial charge in [0.2, 0.25) is 0 Å². The Labute approximate surface area is 113 Å². The molecule has 2 rings (SSSR count). The highest BCUT2D eigenvalue weighted by Crippen LogP contribution is 2.21. The molecule has 1 aromatic heterocycles. The fourth-order valence-electron chi connectivity index (χ4n) is 1.90. The van der Waals surface area contributed by atoms with Crippen LogP contribution in [0.3, 0.4) is 0 Å². The maximum atomic E-state index is 12.3. The van der Waals surface area contributed by atoms with Gasteiger partial charge in [0, 0.05) is 6.54 Å². The summed E-state index contributed by atoms with van der Waals surface area (Å²) in [5.74, 6) is 0. The van der Waals surface area contributed by atoms with Crippen molar-refractivity contribution in [1.82, 2.24) is 9.78 Å². The van der Waals surface area contributed by atoms with Gasteiger partial charge in [0.05, 0.1) is 17.6 Å². The van der Waals surface area contributed by atoms with Crippen molar-refractivity contribution in [3.8, 4) is 0 Å². The monoisotopic (exact) mass is 279 g/mol. The van der Waals surface area contributed by atoms with Crippen molar-refractivity contribution in [2.75, 3.05) is 4.72 Å². The highest BCUT2D eigenvalue weighted by atomic mass is 32.2. The van der Waals surface area contributed by atoms with Crippen molar-refractivity contribution in [3.63, 3.8) is 0 Å². The number of aromatic nitrogens is 2. The number of benzene rings is 1. The van der Waals surface area contributed by atoms with Crippen molar-refractivity contribution in [2.24, 2.45) is 0 Å². The first-order valence-electron chi connectivity index (χ1n) is 6.06. The van der Waals surface area contributed by atoms with Crippen molar-refractivity contribution < 1.29 is 8.42 Å². The number of hydrogen-bond donors (Lipinski definition) is 1. The van der Waals surface area contributed by atoms with E-state index in [1.54, 1.807) is 23.7 Å². The summed E-state index contributed by atoms with van der Waals surface area (Å²) in [6.45, 7) is 6.18. The summed E-state index contributed by atoms with van der Waals surface area (Å²) in [7, 11) is -3.59. The van der Waals surface area contributed by atoms with E-state index in [9.17, 15) is 8.42 Å². The summed E-state index contributed by atoms with van der Waals surface area (Å²) < 4.78 is 28.9. The number of sulfonamides is 1. The van der Waals surface area contributed by atoms with E-state index < -0.39 is 10.0 Å². The van der Waals surface area contributed by atoms with Gasteiger partial charge in [-0.3, -0.25) is 9.40 Å². The van der Waals surface area contributed by atoms with Crippen molar-refractivity contribution in [3.05, 3.63) is 41.7 Å². The van der Waals surface area contributed by atoms with Crippen LogP contribution in [0.5, 0.6) is 0 Å². The smallest absolute Gasteiger partial charge is 0.265 e. The van der Waals surface area contributed by atoms with Crippen LogP contribution in [-0.2, 0) is 16.6 Å². The second kappa shape index (κ2) is 5.05. The Hall–Kier alpha value is -1.82. The van der Waals surface area contributed by atoms with E-state index in [2.05, 4.69) is 9.82 Å². The number of nitrogens with one attached hydrogen (secondary N) is 1. The van der Waals surface area contributed by atoms with E-state index in [-0.39, 0.29) is 4.90 Å². The van der Waals surface area contributed by atoms with Crippen LogP contribution < -0.4 is 4.72 Å². The van der Waals surface area contributed by atoms with Crippen LogP contribution in [0.4, 0.5) is 5.69 Å². The molecule has 19 heavy (non-hydrogen) atoms. The number of rotatable bonds is 4. The van der Waals surface area contributed by atoms with E-state index >= 15 is 0 Å². The van der Waals surface area contributed by atoms with Crippen LogP contribution in [0.15, 0.2) is 35.4 Å². The third-order valence-electron chi connectivity index (χ3n) is 3.04. The van der Waals surface area contributed by atoms with Crippen LogP contribution in [0, 0.1) is 13.8 Å². The molecule has 0 fully saturated rings. The molecule has 6 heteroatoms. The van der Waals surface area contributed by atoms with Gasteiger partial charge in [-0.25, -0.2) is 8.42 Å². The summed E-state index contributed by atoms with van der Waals surface area (Å²) in [4.78, 5) is 0.220. The second-order valence-corrected chi connectivity index (χ2v) is 5.98. The molecule has 0 aliphatic rings. The average molecular weight is 279 g/mol. The first kappa shape index (κ1) is 13.6. The van der Waals surface area contributed by atoms with Crippen LogP contribution in [-0.4, -0.2) is 18.2 Å². The minimum atomic E-state index is -3.59. The predicted octanol–water partition coefficient (Wildman–Crippen LogP) is 2.32. The molecule has 102 valence electrons. The summed E-state index contributed by atoms with van der Waals surface area (Å²) in [5, 5.41) is 4.06. The minimum Gasteiger partial charge on any atom is -0.279 e. The molecule has 0 unspecified atom stereocenters. The molecule has 1 aromatic carbocycles. The van der Waals surface area contributed by atoms with E-state index in [1.807, 2.05) is 26.0 Å². The highest BCUT2D eigenvalue weighted by molar-refractivity contribution is 7.92. The lowest BCUT2D eigenvalue weighted by molar-refractivity contribution is 0.598. The number of hydrogen-bond acceptors (Lipinski definition) is 3. The zero-order valence-corrected chi connectivity index (χ0v) is 12.0. The lowest BCUT2D eigenvalue weighted by Gasteiger charge is -2.10. The lowest BCUT2D eigenvalue weighted by atomic mass is 10.2. The van der Waals surface area contributed by atoms with Crippen LogP contribution in [0.1, 0.15) is 18.2 Å². The molecule has 0 radical (unpaired) electrons. The topological polar surface area (TPSA) is 64.0 Å². The number of para-hydroxylation sites is 1. The summed E-state index contributed by atoms with van der Waals surface area (Å²) in [6.07, 6.45) is 1.39. The average Bonchev–Trinajstić information content (AvgIpc) is 2.74. The van der Waals surface area contributed by atoms with Gasteiger partial charge in [-0.1, -0.05) is 18.2 Å². The molecular formula is C13H17N3O2S. The van der Waals surface area contributed by atoms with Gasteiger partial charge >= 0.3 is 0 Å². The minimum absolute atomic E-state index is 0.220. The van der Waals surface area contributed by atoms with Gasteiger partial charge < -0.3 is 0 Å². The van der Waals surface area contributed by atoms with Crippen LogP contribution >= 0.6 is 0 Å². The molecule has 1 heterocycles. The van der Waals surface area contributed by atoms with Crippen molar-refractivity contribution >= 4 is 15.7 Å². The Morgan fingerprint density at radius 1 is 1.26 bits per heavy atom. The molecule has 0 spiro atoms. The van der Waals surface area contributed by atoms with Gasteiger partial charge in [0.15, 0.2) is 0 Å². The lowest BCUT2D eigenvalue weighted by Crippen LogP contribution is -2.14. The van der Waals surface area contributed by atoms with Crippen LogP contribution in [0.2, 0.25) is 0 Å². The largest absolute Gasteiger partial charge is 0.279 e. The molecule has 5 nitrogen and oxygen atoms in total. The summed E-state index contributed by atoms with van der Waals surface area (Å²) in [5.41, 5.74) is 2.11. The van der Waals surface area contributed by atoms with Crippen molar-refractivity contribution in [2.45, 2.75) is 32.2 Å². The Bertz CT molecular complexity index is 690. The fourth-order valence-corrected chi connectivity index (χ4v) is 3.21. The van der Waals surface area contributed by atoms with E-state index in [0.717, 1.165) is 5.56 Å². The van der Waals surface area contributed by atoms with E-state index in [0.29, 0.717) is 17.9 Å². The molecule has 0 bridgehead atoms. The third-order valence-corrected chi connectivity index (χ3v) is 4.51. The Morgan fingerprint density at radius 3 is 2.53 bits per heavy atom. The molecular weight excluding hydrogens is 262 g/mol. The molecule has 0 aliphatic carbocycles. The van der Waals surface area contributed by atoms with Gasteiger partial charge in [-0.2, -0.15) is 5.10 Å². The Kier molecular flexibility index (Phi) is 3.61. The van der Waals surface area contributed by atoms with E-state index in [4.69, 9.17) is 0 Å². The standard InChI is InChI=1S/C13H17N3O2S/c1-4-16-11(3)13(9-14-16)19(17,18)15-12-8-6-5-7-10(12)2/h5-9,15H,4H2,1-3H3. The van der Waals surface area contributed by atoms with E-state index in [1.165, 1.54) is 6.20 Å². The Balaban J connectivity index is 2.38. The quantitative estimate of drug-likeness (QED) is 0.934. The Morgan fingerprint density at radius 2 is 1.95 bits per heavy atom. The normalized spacial score (nSPS) is 11.5. The van der Waals surface area contributed by atoms with Crippen molar-refractivity contribution in [1.29, 1.82) is 0 Å². The number of nitrogens with zero attached hydrogens (tertiary/aromatic N) is 2. The molecule has 0 amide bonds. The predicted molar refractivity (Wildman–Crippen MR) is 74.6 cm³/mol. The van der Waals surface area contributed by atoms with Gasteiger partial charge in [-0.15, -0.1) is 0 Å². The third kappa shape index (κ3) is 2.63. The number of aryl methyl sites for hydroxylation is 2. The summed E-state index contributed by atoms with van der Waals surface area (Å²) >= 11 is 0. The first-order chi connectivity index (χ1) is 8.95. The SMILES string of the molecule is CCn1ncc(S(=O)(=O)Nc2ccccc2C)c1C. The molecule has 0 saturated carbocycles. The molecule has 0 aliphatic heterocycles. The first-order valence-corrected chi connectivity index (χ1v) is 7.55. The second-order valence-electron chi connectivity index (χ2n) is 4.33. The van der Waals surface area contributed by atoms with Crippen LogP contribution in [0.25, 0.3) is 0 Å². The summed E-state index contributed by atoms with van der Waals surface area (Å²) in [6, 6.07) is 7.27. The van der Waals surface area contributed by atoms with Gasteiger partial charge in [-0.05, 0) is 32.4 Å². The zero-order valence-electron chi connectivity index (χ0n) is 11.2. The highest BCUT2D eigenvalue weighted by Gasteiger charge is 2.20.